The minimum absolute atomic E-state index is 0.00299. The zero-order valence-corrected chi connectivity index (χ0v) is 12.1. The van der Waals surface area contributed by atoms with Crippen molar-refractivity contribution in [3.63, 3.8) is 0 Å². The van der Waals surface area contributed by atoms with Crippen molar-refractivity contribution in [1.82, 2.24) is 20.2 Å². The molecule has 0 saturated heterocycles. The molecule has 7 nitrogen and oxygen atoms in total. The van der Waals surface area contributed by atoms with E-state index >= 15 is 0 Å². The lowest BCUT2D eigenvalue weighted by Crippen LogP contribution is -2.19. The molecule has 0 aliphatic rings. The SMILES string of the molecule is Cc1c(CSc2nnnn2CC(F)(F)F)cccc1[N+](=O)[O-]. The van der Waals surface area contributed by atoms with Gasteiger partial charge in [-0.25, -0.2) is 4.68 Å². The smallest absolute Gasteiger partial charge is 0.258 e. The third kappa shape index (κ3) is 3.93. The molecule has 0 fully saturated rings. The van der Waals surface area contributed by atoms with Crippen LogP contribution in [-0.4, -0.2) is 31.3 Å². The second-order valence-electron chi connectivity index (χ2n) is 4.34. The number of nitro benzene ring substituents is 1. The quantitative estimate of drug-likeness (QED) is 0.475. The van der Waals surface area contributed by atoms with Crippen molar-refractivity contribution >= 4 is 17.4 Å². The number of nitro groups is 1. The Balaban J connectivity index is 2.13. The second kappa shape index (κ2) is 6.30. The van der Waals surface area contributed by atoms with Gasteiger partial charge in [-0.3, -0.25) is 10.1 Å². The fraction of sp³-hybridized carbons (Fsp3) is 0.364. The fourth-order valence-corrected chi connectivity index (χ4v) is 2.68. The molecule has 0 radical (unpaired) electrons. The summed E-state index contributed by atoms with van der Waals surface area (Å²) in [5, 5.41) is 20.9. The number of hydrogen-bond acceptors (Lipinski definition) is 6. The van der Waals surface area contributed by atoms with Gasteiger partial charge >= 0.3 is 6.18 Å². The van der Waals surface area contributed by atoms with Crippen LogP contribution in [0.15, 0.2) is 23.4 Å². The van der Waals surface area contributed by atoms with Crippen LogP contribution in [-0.2, 0) is 12.3 Å². The van der Waals surface area contributed by atoms with Crippen LogP contribution in [0.5, 0.6) is 0 Å². The molecule has 2 rings (SSSR count). The average Bonchev–Trinajstić information content (AvgIpc) is 2.82. The highest BCUT2D eigenvalue weighted by molar-refractivity contribution is 7.98. The molecule has 0 saturated carbocycles. The predicted octanol–water partition coefficient (Wildman–Crippen LogP) is 2.74. The second-order valence-corrected chi connectivity index (χ2v) is 5.28. The van der Waals surface area contributed by atoms with Gasteiger partial charge in [-0.05, 0) is 22.9 Å². The van der Waals surface area contributed by atoms with Crippen molar-refractivity contribution in [2.24, 2.45) is 0 Å². The lowest BCUT2D eigenvalue weighted by Gasteiger charge is -2.08. The van der Waals surface area contributed by atoms with Gasteiger partial charge in [-0.15, -0.1) is 5.10 Å². The topological polar surface area (TPSA) is 86.7 Å². The van der Waals surface area contributed by atoms with Gasteiger partial charge in [0.05, 0.1) is 4.92 Å². The molecule has 0 atom stereocenters. The first-order valence-corrected chi connectivity index (χ1v) is 6.95. The van der Waals surface area contributed by atoms with Crippen LogP contribution in [0, 0.1) is 17.0 Å². The fourth-order valence-electron chi connectivity index (χ4n) is 1.74. The molecule has 118 valence electrons. The lowest BCUT2D eigenvalue weighted by molar-refractivity contribution is -0.385. The molecular formula is C11H10F3N5O2S. The Morgan fingerprint density at radius 1 is 1.41 bits per heavy atom. The third-order valence-corrected chi connectivity index (χ3v) is 3.80. The Bertz CT molecular complexity index is 689. The van der Waals surface area contributed by atoms with E-state index in [1.165, 1.54) is 12.1 Å². The van der Waals surface area contributed by atoms with Crippen molar-refractivity contribution in [2.45, 2.75) is 30.6 Å². The first kappa shape index (κ1) is 16.2. The van der Waals surface area contributed by atoms with E-state index in [4.69, 9.17) is 0 Å². The summed E-state index contributed by atoms with van der Waals surface area (Å²) in [6.07, 6.45) is -4.42. The number of hydrogen-bond donors (Lipinski definition) is 0. The maximum atomic E-state index is 12.4. The molecule has 0 amide bonds. The lowest BCUT2D eigenvalue weighted by atomic mass is 10.1. The zero-order chi connectivity index (χ0) is 16.3. The highest BCUT2D eigenvalue weighted by Gasteiger charge is 2.30. The largest absolute Gasteiger partial charge is 0.408 e. The molecule has 1 aromatic carbocycles. The molecular weight excluding hydrogens is 323 g/mol. The summed E-state index contributed by atoms with van der Waals surface area (Å²) in [6.45, 7) is 0.309. The number of benzene rings is 1. The molecule has 22 heavy (non-hydrogen) atoms. The Labute approximate surface area is 126 Å². The third-order valence-electron chi connectivity index (χ3n) is 2.80. The monoisotopic (exact) mass is 333 g/mol. The van der Waals surface area contributed by atoms with E-state index in [9.17, 15) is 23.3 Å². The molecule has 1 heterocycles. The van der Waals surface area contributed by atoms with Crippen LogP contribution in [0.3, 0.4) is 0 Å². The highest BCUT2D eigenvalue weighted by atomic mass is 32.2. The summed E-state index contributed by atoms with van der Waals surface area (Å²) in [5.41, 5.74) is 1.07. The maximum Gasteiger partial charge on any atom is 0.408 e. The van der Waals surface area contributed by atoms with Crippen LogP contribution in [0.4, 0.5) is 18.9 Å². The number of thioether (sulfide) groups is 1. The molecule has 0 unspecified atom stereocenters. The Kier molecular flexibility index (Phi) is 4.64. The number of alkyl halides is 3. The maximum absolute atomic E-state index is 12.4. The first-order valence-electron chi connectivity index (χ1n) is 5.96. The molecule has 2 aromatic rings. The average molecular weight is 333 g/mol. The van der Waals surface area contributed by atoms with Gasteiger partial charge < -0.3 is 0 Å². The number of tetrazole rings is 1. The molecule has 0 N–H and O–H groups in total. The van der Waals surface area contributed by atoms with Crippen LogP contribution in [0.2, 0.25) is 0 Å². The van der Waals surface area contributed by atoms with Crippen LogP contribution < -0.4 is 0 Å². The Morgan fingerprint density at radius 3 is 2.77 bits per heavy atom. The molecule has 11 heteroatoms. The molecule has 0 bridgehead atoms. The number of nitrogens with zero attached hydrogens (tertiary/aromatic N) is 5. The first-order chi connectivity index (χ1) is 10.3. The van der Waals surface area contributed by atoms with Crippen LogP contribution >= 0.6 is 11.8 Å². The molecule has 1 aromatic heterocycles. The van der Waals surface area contributed by atoms with E-state index in [0.717, 1.165) is 11.8 Å². The van der Waals surface area contributed by atoms with E-state index in [2.05, 4.69) is 15.5 Å². The van der Waals surface area contributed by atoms with E-state index in [1.54, 1.807) is 13.0 Å². The van der Waals surface area contributed by atoms with Crippen molar-refractivity contribution < 1.29 is 18.1 Å². The predicted molar refractivity (Wildman–Crippen MR) is 71.3 cm³/mol. The van der Waals surface area contributed by atoms with Crippen molar-refractivity contribution in [3.05, 3.63) is 39.4 Å². The minimum atomic E-state index is -4.42. The van der Waals surface area contributed by atoms with Gasteiger partial charge in [0.15, 0.2) is 0 Å². The zero-order valence-electron chi connectivity index (χ0n) is 11.2. The van der Waals surface area contributed by atoms with Crippen molar-refractivity contribution in [2.75, 3.05) is 0 Å². The standard InChI is InChI=1S/C11H10F3N5O2S/c1-7-8(3-2-4-9(7)19(20)21)5-22-10-15-16-17-18(10)6-11(12,13)14/h2-4H,5-6H2,1H3. The highest BCUT2D eigenvalue weighted by Crippen LogP contribution is 2.28. The van der Waals surface area contributed by atoms with Gasteiger partial charge in [0, 0.05) is 17.4 Å². The van der Waals surface area contributed by atoms with E-state index in [-0.39, 0.29) is 16.6 Å². The summed E-state index contributed by atoms with van der Waals surface area (Å²) in [5.74, 6) is 0.228. The van der Waals surface area contributed by atoms with E-state index < -0.39 is 17.6 Å². The minimum Gasteiger partial charge on any atom is -0.258 e. The molecule has 0 aliphatic carbocycles. The normalized spacial score (nSPS) is 11.6. The summed E-state index contributed by atoms with van der Waals surface area (Å²) in [4.78, 5) is 10.4. The van der Waals surface area contributed by atoms with Gasteiger partial charge in [-0.2, -0.15) is 13.2 Å². The molecule has 0 spiro atoms. The van der Waals surface area contributed by atoms with E-state index in [0.29, 0.717) is 15.8 Å². The number of halogens is 3. The Morgan fingerprint density at radius 2 is 2.14 bits per heavy atom. The summed E-state index contributed by atoms with van der Waals surface area (Å²) in [7, 11) is 0. The van der Waals surface area contributed by atoms with Gasteiger partial charge in [0.2, 0.25) is 5.16 Å². The van der Waals surface area contributed by atoms with Gasteiger partial charge in [0.1, 0.15) is 6.54 Å². The Hall–Kier alpha value is -2.17. The van der Waals surface area contributed by atoms with Gasteiger partial charge in [0.25, 0.3) is 5.69 Å². The molecule has 0 aliphatic heterocycles. The number of aromatic nitrogens is 4. The van der Waals surface area contributed by atoms with Crippen molar-refractivity contribution in [1.29, 1.82) is 0 Å². The summed E-state index contributed by atoms with van der Waals surface area (Å²) in [6, 6.07) is 4.57. The van der Waals surface area contributed by atoms with Gasteiger partial charge in [-0.1, -0.05) is 23.9 Å². The summed E-state index contributed by atoms with van der Waals surface area (Å²) < 4.78 is 37.8. The van der Waals surface area contributed by atoms with E-state index in [1.807, 2.05) is 0 Å². The van der Waals surface area contributed by atoms with Crippen molar-refractivity contribution in [3.8, 4) is 0 Å². The summed E-state index contributed by atoms with van der Waals surface area (Å²) >= 11 is 0.986. The number of rotatable bonds is 5. The van der Waals surface area contributed by atoms with Crippen LogP contribution in [0.1, 0.15) is 11.1 Å². The van der Waals surface area contributed by atoms with Crippen LogP contribution in [0.25, 0.3) is 0 Å².